The van der Waals surface area contributed by atoms with Gasteiger partial charge in [-0.05, 0) is 24.5 Å². The van der Waals surface area contributed by atoms with Gasteiger partial charge in [0.05, 0.1) is 12.6 Å². The Kier molecular flexibility index (Phi) is 7.48. The van der Waals surface area contributed by atoms with Crippen LogP contribution in [0.1, 0.15) is 23.9 Å². The number of aromatic nitrogens is 3. The van der Waals surface area contributed by atoms with Crippen LogP contribution in [-0.2, 0) is 30.8 Å². The molecule has 23 heavy (non-hydrogen) atoms. The molecule has 0 saturated heterocycles. The standard InChI is InChI=1S/C15H19N5O.2ClH/c1-2-20-10-18-19-14(20)9-17-15(21)13-7-11-5-3-4-6-12(11)8-16-13;;/h3-6,10,13,16H,2,7-9H2,1H3,(H,17,21);2*1H. The first-order valence-electron chi connectivity index (χ1n) is 7.22. The van der Waals surface area contributed by atoms with E-state index < -0.39 is 0 Å². The zero-order chi connectivity index (χ0) is 14.7. The van der Waals surface area contributed by atoms with E-state index in [1.54, 1.807) is 6.33 Å². The number of benzene rings is 1. The van der Waals surface area contributed by atoms with Crippen LogP contribution in [0, 0.1) is 0 Å². The van der Waals surface area contributed by atoms with Crippen molar-refractivity contribution in [1.29, 1.82) is 0 Å². The molecule has 1 amide bonds. The Morgan fingerprint density at radius 1 is 1.35 bits per heavy atom. The van der Waals surface area contributed by atoms with Gasteiger partial charge >= 0.3 is 0 Å². The Morgan fingerprint density at radius 2 is 2.09 bits per heavy atom. The molecule has 0 radical (unpaired) electrons. The van der Waals surface area contributed by atoms with Gasteiger partial charge in [-0.15, -0.1) is 35.0 Å². The van der Waals surface area contributed by atoms with Crippen LogP contribution in [0.2, 0.25) is 0 Å². The number of halogens is 2. The molecular weight excluding hydrogens is 337 g/mol. The molecule has 0 aliphatic carbocycles. The Bertz CT molecular complexity index is 646. The molecule has 1 aromatic carbocycles. The minimum Gasteiger partial charge on any atom is -0.347 e. The summed E-state index contributed by atoms with van der Waals surface area (Å²) in [7, 11) is 0. The second-order valence-electron chi connectivity index (χ2n) is 5.16. The zero-order valence-electron chi connectivity index (χ0n) is 12.9. The molecule has 8 heteroatoms. The zero-order valence-corrected chi connectivity index (χ0v) is 14.5. The van der Waals surface area contributed by atoms with Crippen LogP contribution in [0.25, 0.3) is 0 Å². The maximum Gasteiger partial charge on any atom is 0.237 e. The first-order chi connectivity index (χ1) is 10.3. The summed E-state index contributed by atoms with van der Waals surface area (Å²) < 4.78 is 1.92. The van der Waals surface area contributed by atoms with Crippen LogP contribution in [-0.4, -0.2) is 26.7 Å². The van der Waals surface area contributed by atoms with Gasteiger partial charge in [0.2, 0.25) is 5.91 Å². The minimum atomic E-state index is -0.183. The Labute approximate surface area is 147 Å². The van der Waals surface area contributed by atoms with Gasteiger partial charge in [0.15, 0.2) is 5.82 Å². The van der Waals surface area contributed by atoms with E-state index in [9.17, 15) is 4.79 Å². The average Bonchev–Trinajstić information content (AvgIpc) is 2.99. The van der Waals surface area contributed by atoms with Gasteiger partial charge in [-0.1, -0.05) is 24.3 Å². The molecule has 0 fully saturated rings. The molecule has 1 unspecified atom stereocenters. The largest absolute Gasteiger partial charge is 0.347 e. The third kappa shape index (κ3) is 4.43. The number of carbonyl (C=O) groups excluding carboxylic acids is 1. The molecule has 0 bridgehead atoms. The SMILES string of the molecule is CCn1cnnc1CNC(=O)C1Cc2ccccc2CN1.Cl.Cl. The number of amides is 1. The third-order valence-corrected chi connectivity index (χ3v) is 3.85. The highest BCUT2D eigenvalue weighted by Crippen LogP contribution is 2.16. The van der Waals surface area contributed by atoms with Gasteiger partial charge in [0.1, 0.15) is 6.33 Å². The highest BCUT2D eigenvalue weighted by molar-refractivity contribution is 5.85. The van der Waals surface area contributed by atoms with E-state index in [4.69, 9.17) is 0 Å². The Hall–Kier alpha value is -1.63. The first-order valence-corrected chi connectivity index (χ1v) is 7.22. The van der Waals surface area contributed by atoms with Crippen molar-refractivity contribution < 1.29 is 4.79 Å². The lowest BCUT2D eigenvalue weighted by Gasteiger charge is -2.25. The van der Waals surface area contributed by atoms with Gasteiger partial charge in [-0.2, -0.15) is 0 Å². The van der Waals surface area contributed by atoms with Crippen molar-refractivity contribution in [3.8, 4) is 0 Å². The highest BCUT2D eigenvalue weighted by Gasteiger charge is 2.23. The fourth-order valence-corrected chi connectivity index (χ4v) is 2.61. The quantitative estimate of drug-likeness (QED) is 0.868. The number of aryl methyl sites for hydroxylation is 1. The van der Waals surface area contributed by atoms with Crippen molar-refractivity contribution in [2.24, 2.45) is 0 Å². The van der Waals surface area contributed by atoms with Gasteiger partial charge in [-0.25, -0.2) is 0 Å². The molecule has 1 aliphatic heterocycles. The normalized spacial score (nSPS) is 15.8. The maximum atomic E-state index is 12.3. The summed E-state index contributed by atoms with van der Waals surface area (Å²) in [5, 5.41) is 14.1. The lowest BCUT2D eigenvalue weighted by Crippen LogP contribution is -2.47. The summed E-state index contributed by atoms with van der Waals surface area (Å²) in [4.78, 5) is 12.3. The molecule has 6 nitrogen and oxygen atoms in total. The first kappa shape index (κ1) is 19.4. The summed E-state index contributed by atoms with van der Waals surface area (Å²) in [5.74, 6) is 0.789. The van der Waals surface area contributed by atoms with E-state index >= 15 is 0 Å². The molecule has 2 N–H and O–H groups in total. The molecular formula is C15H21Cl2N5O. The predicted octanol–water partition coefficient (Wildman–Crippen LogP) is 1.47. The molecule has 1 aromatic heterocycles. The smallest absolute Gasteiger partial charge is 0.237 e. The molecule has 2 heterocycles. The van der Waals surface area contributed by atoms with Crippen molar-refractivity contribution in [3.05, 3.63) is 47.5 Å². The number of nitrogens with zero attached hydrogens (tertiary/aromatic N) is 3. The van der Waals surface area contributed by atoms with E-state index in [0.29, 0.717) is 6.54 Å². The molecule has 2 aromatic rings. The second-order valence-corrected chi connectivity index (χ2v) is 5.16. The van der Waals surface area contributed by atoms with Gasteiger partial charge in [-0.3, -0.25) is 4.79 Å². The summed E-state index contributed by atoms with van der Waals surface area (Å²) in [6.45, 7) is 3.97. The van der Waals surface area contributed by atoms with Gasteiger partial charge in [0.25, 0.3) is 0 Å². The average molecular weight is 358 g/mol. The van der Waals surface area contributed by atoms with Crippen LogP contribution in [0.4, 0.5) is 0 Å². The topological polar surface area (TPSA) is 71.8 Å². The van der Waals surface area contributed by atoms with Crippen LogP contribution >= 0.6 is 24.8 Å². The van der Waals surface area contributed by atoms with E-state index in [1.807, 2.05) is 23.6 Å². The van der Waals surface area contributed by atoms with Crippen molar-refractivity contribution in [1.82, 2.24) is 25.4 Å². The number of hydrogen-bond donors (Lipinski definition) is 2. The lowest BCUT2D eigenvalue weighted by atomic mass is 9.95. The summed E-state index contributed by atoms with van der Waals surface area (Å²) in [6, 6.07) is 8.05. The fourth-order valence-electron chi connectivity index (χ4n) is 2.61. The number of fused-ring (bicyclic) bond motifs is 1. The molecule has 3 rings (SSSR count). The Balaban J connectivity index is 0.00000132. The second kappa shape index (κ2) is 8.86. The molecule has 1 aliphatic rings. The summed E-state index contributed by atoms with van der Waals surface area (Å²) in [6.07, 6.45) is 2.40. The van der Waals surface area contributed by atoms with Crippen molar-refractivity contribution >= 4 is 30.7 Å². The monoisotopic (exact) mass is 357 g/mol. The molecule has 0 spiro atoms. The minimum absolute atomic E-state index is 0. The lowest BCUT2D eigenvalue weighted by molar-refractivity contribution is -0.123. The number of carbonyl (C=O) groups is 1. The van der Waals surface area contributed by atoms with Crippen LogP contribution in [0.15, 0.2) is 30.6 Å². The van der Waals surface area contributed by atoms with Gasteiger partial charge in [0, 0.05) is 13.1 Å². The predicted molar refractivity (Wildman–Crippen MR) is 92.8 cm³/mol. The van der Waals surface area contributed by atoms with Crippen molar-refractivity contribution in [2.45, 2.75) is 39.0 Å². The molecule has 126 valence electrons. The van der Waals surface area contributed by atoms with Crippen molar-refractivity contribution in [2.75, 3.05) is 0 Å². The van der Waals surface area contributed by atoms with E-state index in [1.165, 1.54) is 11.1 Å². The molecule has 0 saturated carbocycles. The summed E-state index contributed by atoms with van der Waals surface area (Å²) in [5.41, 5.74) is 2.51. The van der Waals surface area contributed by atoms with E-state index in [-0.39, 0.29) is 36.8 Å². The Morgan fingerprint density at radius 3 is 2.83 bits per heavy atom. The number of rotatable bonds is 4. The van der Waals surface area contributed by atoms with Gasteiger partial charge < -0.3 is 15.2 Å². The fraction of sp³-hybridized carbons (Fsp3) is 0.400. The van der Waals surface area contributed by atoms with Crippen LogP contribution < -0.4 is 10.6 Å². The maximum absolute atomic E-state index is 12.3. The highest BCUT2D eigenvalue weighted by atomic mass is 35.5. The van der Waals surface area contributed by atoms with Crippen LogP contribution in [0.5, 0.6) is 0 Å². The van der Waals surface area contributed by atoms with E-state index in [0.717, 1.165) is 25.3 Å². The van der Waals surface area contributed by atoms with E-state index in [2.05, 4.69) is 33.0 Å². The summed E-state index contributed by atoms with van der Waals surface area (Å²) >= 11 is 0. The molecule has 1 atom stereocenters. The number of nitrogens with one attached hydrogen (secondary N) is 2. The third-order valence-electron chi connectivity index (χ3n) is 3.85. The van der Waals surface area contributed by atoms with Crippen LogP contribution in [0.3, 0.4) is 0 Å². The van der Waals surface area contributed by atoms with Crippen molar-refractivity contribution in [3.63, 3.8) is 0 Å². The number of hydrogen-bond acceptors (Lipinski definition) is 4.